The number of anilines is 1. The maximum atomic E-state index is 13.1. The lowest BCUT2D eigenvalue weighted by atomic mass is 10.2. The Kier molecular flexibility index (Phi) is 4.13. The van der Waals surface area contributed by atoms with E-state index in [0.29, 0.717) is 5.56 Å². The molecule has 2 aromatic carbocycles. The summed E-state index contributed by atoms with van der Waals surface area (Å²) in [5.41, 5.74) is 2.77. The van der Waals surface area contributed by atoms with Crippen molar-refractivity contribution < 1.29 is 4.39 Å². The third-order valence-electron chi connectivity index (χ3n) is 2.69. The van der Waals surface area contributed by atoms with Gasteiger partial charge in [-0.2, -0.15) is 0 Å². The first-order valence-corrected chi connectivity index (χ1v) is 5.97. The van der Waals surface area contributed by atoms with Crippen LogP contribution in [-0.2, 0) is 0 Å². The quantitative estimate of drug-likeness (QED) is 0.843. The van der Waals surface area contributed by atoms with Crippen molar-refractivity contribution in [3.63, 3.8) is 0 Å². The molecule has 0 amide bonds. The summed E-state index contributed by atoms with van der Waals surface area (Å²) < 4.78 is 13.1. The maximum Gasteiger partial charge on any atom is 0.126 e. The van der Waals surface area contributed by atoms with Gasteiger partial charge in [-0.25, -0.2) is 4.39 Å². The third kappa shape index (κ3) is 3.45. The molecule has 1 nitrogen and oxygen atoms in total. The molecule has 0 aliphatic rings. The standard InChI is InChI=1S/C16H16FN/c1-13-12-15(9-10-16(13)17)18-11-5-8-14-6-3-2-4-7-14/h2-10,12,18H,11H2,1H3/b8-5+. The lowest BCUT2D eigenvalue weighted by Crippen LogP contribution is -1.98. The number of hydrogen-bond donors (Lipinski definition) is 1. The van der Waals surface area contributed by atoms with Gasteiger partial charge in [0.2, 0.25) is 0 Å². The van der Waals surface area contributed by atoms with Crippen LogP contribution in [0, 0.1) is 12.7 Å². The van der Waals surface area contributed by atoms with Gasteiger partial charge in [0.1, 0.15) is 5.82 Å². The van der Waals surface area contributed by atoms with Crippen LogP contribution in [-0.4, -0.2) is 6.54 Å². The van der Waals surface area contributed by atoms with Crippen LogP contribution in [0.4, 0.5) is 10.1 Å². The highest BCUT2D eigenvalue weighted by Crippen LogP contribution is 2.13. The number of nitrogens with one attached hydrogen (secondary N) is 1. The summed E-state index contributed by atoms with van der Waals surface area (Å²) in [6.45, 7) is 2.49. The summed E-state index contributed by atoms with van der Waals surface area (Å²) in [5.74, 6) is -0.166. The molecule has 0 radical (unpaired) electrons. The van der Waals surface area contributed by atoms with Crippen molar-refractivity contribution in [2.75, 3.05) is 11.9 Å². The van der Waals surface area contributed by atoms with Gasteiger partial charge in [0.15, 0.2) is 0 Å². The topological polar surface area (TPSA) is 12.0 Å². The zero-order valence-electron chi connectivity index (χ0n) is 10.4. The highest BCUT2D eigenvalue weighted by atomic mass is 19.1. The smallest absolute Gasteiger partial charge is 0.126 e. The molecule has 0 bridgehead atoms. The van der Waals surface area contributed by atoms with E-state index in [2.05, 4.69) is 23.5 Å². The van der Waals surface area contributed by atoms with Crippen molar-refractivity contribution >= 4 is 11.8 Å². The van der Waals surface area contributed by atoms with Crippen LogP contribution in [0.5, 0.6) is 0 Å². The van der Waals surface area contributed by atoms with Crippen LogP contribution < -0.4 is 5.32 Å². The first-order chi connectivity index (χ1) is 8.75. The van der Waals surface area contributed by atoms with Gasteiger partial charge in [0, 0.05) is 12.2 Å². The lowest BCUT2D eigenvalue weighted by molar-refractivity contribution is 0.619. The first-order valence-electron chi connectivity index (χ1n) is 5.97. The van der Waals surface area contributed by atoms with Crippen molar-refractivity contribution in [3.05, 3.63) is 71.6 Å². The maximum absolute atomic E-state index is 13.1. The van der Waals surface area contributed by atoms with E-state index in [1.807, 2.05) is 30.3 Å². The molecule has 0 heterocycles. The normalized spacial score (nSPS) is 10.8. The fraction of sp³-hybridized carbons (Fsp3) is 0.125. The van der Waals surface area contributed by atoms with Crippen LogP contribution in [0.15, 0.2) is 54.6 Å². The first kappa shape index (κ1) is 12.4. The summed E-state index contributed by atoms with van der Waals surface area (Å²) in [7, 11) is 0. The summed E-state index contributed by atoms with van der Waals surface area (Å²) in [4.78, 5) is 0. The molecule has 0 aliphatic carbocycles. The highest BCUT2D eigenvalue weighted by Gasteiger charge is 1.96. The third-order valence-corrected chi connectivity index (χ3v) is 2.69. The zero-order valence-corrected chi connectivity index (χ0v) is 10.4. The number of hydrogen-bond acceptors (Lipinski definition) is 1. The molecule has 0 aliphatic heterocycles. The van der Waals surface area contributed by atoms with Crippen LogP contribution in [0.1, 0.15) is 11.1 Å². The molecule has 0 atom stereocenters. The molecular formula is C16H16FN. The van der Waals surface area contributed by atoms with E-state index in [9.17, 15) is 4.39 Å². The minimum atomic E-state index is -0.166. The molecule has 0 spiro atoms. The predicted octanol–water partition coefficient (Wildman–Crippen LogP) is 4.26. The second-order valence-corrected chi connectivity index (χ2v) is 4.16. The van der Waals surface area contributed by atoms with E-state index in [1.54, 1.807) is 13.0 Å². The molecule has 18 heavy (non-hydrogen) atoms. The van der Waals surface area contributed by atoms with Gasteiger partial charge in [0.25, 0.3) is 0 Å². The molecule has 1 N–H and O–H groups in total. The molecule has 2 heteroatoms. The minimum Gasteiger partial charge on any atom is -0.382 e. The van der Waals surface area contributed by atoms with Crippen LogP contribution in [0.25, 0.3) is 6.08 Å². The van der Waals surface area contributed by atoms with Gasteiger partial charge < -0.3 is 5.32 Å². The van der Waals surface area contributed by atoms with Gasteiger partial charge in [-0.1, -0.05) is 42.5 Å². The van der Waals surface area contributed by atoms with Gasteiger partial charge in [-0.05, 0) is 36.2 Å². The Morgan fingerprint density at radius 2 is 1.89 bits per heavy atom. The Bertz CT molecular complexity index is 532. The number of rotatable bonds is 4. The molecule has 2 aromatic rings. The molecule has 2 rings (SSSR count). The number of aryl methyl sites for hydroxylation is 1. The van der Waals surface area contributed by atoms with Gasteiger partial charge in [-0.3, -0.25) is 0 Å². The molecular weight excluding hydrogens is 225 g/mol. The summed E-state index contributed by atoms with van der Waals surface area (Å²) in [6.07, 6.45) is 4.11. The van der Waals surface area contributed by atoms with Crippen LogP contribution in [0.3, 0.4) is 0 Å². The minimum absolute atomic E-state index is 0.166. The van der Waals surface area contributed by atoms with Gasteiger partial charge >= 0.3 is 0 Å². The van der Waals surface area contributed by atoms with Crippen molar-refractivity contribution in [2.24, 2.45) is 0 Å². The second kappa shape index (κ2) is 6.01. The van der Waals surface area contributed by atoms with E-state index in [1.165, 1.54) is 11.6 Å². The summed E-state index contributed by atoms with van der Waals surface area (Å²) >= 11 is 0. The summed E-state index contributed by atoms with van der Waals surface area (Å²) in [6, 6.07) is 15.2. The average Bonchev–Trinajstić information content (AvgIpc) is 2.40. The highest BCUT2D eigenvalue weighted by molar-refractivity contribution is 5.51. The molecule has 0 aromatic heterocycles. The van der Waals surface area contributed by atoms with E-state index in [4.69, 9.17) is 0 Å². The van der Waals surface area contributed by atoms with E-state index in [-0.39, 0.29) is 5.82 Å². The SMILES string of the molecule is Cc1cc(NC/C=C/c2ccccc2)ccc1F. The second-order valence-electron chi connectivity index (χ2n) is 4.16. The van der Waals surface area contributed by atoms with Crippen molar-refractivity contribution in [3.8, 4) is 0 Å². The van der Waals surface area contributed by atoms with Crippen molar-refractivity contribution in [1.82, 2.24) is 0 Å². The summed E-state index contributed by atoms with van der Waals surface area (Å²) in [5, 5.41) is 3.23. The van der Waals surface area contributed by atoms with Crippen molar-refractivity contribution in [1.29, 1.82) is 0 Å². The molecule has 0 fully saturated rings. The Labute approximate surface area is 107 Å². The fourth-order valence-electron chi connectivity index (χ4n) is 1.69. The Hall–Kier alpha value is -2.09. The molecule has 0 saturated carbocycles. The predicted molar refractivity (Wildman–Crippen MR) is 75.1 cm³/mol. The van der Waals surface area contributed by atoms with Gasteiger partial charge in [-0.15, -0.1) is 0 Å². The number of benzene rings is 2. The Balaban J connectivity index is 1.89. The fourth-order valence-corrected chi connectivity index (χ4v) is 1.69. The zero-order chi connectivity index (χ0) is 12.8. The Morgan fingerprint density at radius 1 is 1.11 bits per heavy atom. The lowest BCUT2D eigenvalue weighted by Gasteiger charge is -2.04. The monoisotopic (exact) mass is 241 g/mol. The van der Waals surface area contributed by atoms with E-state index >= 15 is 0 Å². The van der Waals surface area contributed by atoms with Crippen LogP contribution >= 0.6 is 0 Å². The van der Waals surface area contributed by atoms with Crippen LogP contribution in [0.2, 0.25) is 0 Å². The average molecular weight is 241 g/mol. The molecule has 92 valence electrons. The largest absolute Gasteiger partial charge is 0.382 e. The molecule has 0 unspecified atom stereocenters. The Morgan fingerprint density at radius 3 is 2.61 bits per heavy atom. The van der Waals surface area contributed by atoms with Crippen molar-refractivity contribution in [2.45, 2.75) is 6.92 Å². The van der Waals surface area contributed by atoms with Gasteiger partial charge in [0.05, 0.1) is 0 Å². The molecule has 0 saturated heterocycles. The van der Waals surface area contributed by atoms with E-state index < -0.39 is 0 Å². The van der Waals surface area contributed by atoms with E-state index in [0.717, 1.165) is 12.2 Å². The number of halogens is 1.